The third kappa shape index (κ3) is 2.64. The van der Waals surface area contributed by atoms with E-state index in [1.54, 1.807) is 30.8 Å². The molecule has 23 heavy (non-hydrogen) atoms. The van der Waals surface area contributed by atoms with Crippen LogP contribution in [0.15, 0.2) is 23.0 Å². The molecule has 0 bridgehead atoms. The molecule has 0 radical (unpaired) electrons. The van der Waals surface area contributed by atoms with Crippen LogP contribution in [0.4, 0.5) is 5.95 Å². The lowest BCUT2D eigenvalue weighted by atomic mass is 10.1. The molecule has 8 nitrogen and oxygen atoms in total. The monoisotopic (exact) mass is 315 g/mol. The van der Waals surface area contributed by atoms with E-state index in [0.29, 0.717) is 29.0 Å². The highest BCUT2D eigenvalue weighted by atomic mass is 16.5. The minimum atomic E-state index is -0.334. The minimum Gasteiger partial charge on any atom is -0.496 e. The average molecular weight is 315 g/mol. The molecule has 0 aliphatic carbocycles. The third-order valence-electron chi connectivity index (χ3n) is 3.64. The van der Waals surface area contributed by atoms with Gasteiger partial charge in [-0.15, -0.1) is 0 Å². The number of aromatic amines is 1. The number of aliphatic hydroxyl groups excluding tert-OH is 1. The lowest BCUT2D eigenvalue weighted by Crippen LogP contribution is -2.15. The normalized spacial score (nSPS) is 11.1. The van der Waals surface area contributed by atoms with Gasteiger partial charge in [-0.1, -0.05) is 12.1 Å². The maximum absolute atomic E-state index is 12.2. The van der Waals surface area contributed by atoms with Crippen molar-refractivity contribution in [2.75, 3.05) is 12.8 Å². The van der Waals surface area contributed by atoms with Gasteiger partial charge in [0.25, 0.3) is 5.56 Å². The van der Waals surface area contributed by atoms with Crippen LogP contribution in [0.25, 0.3) is 11.0 Å². The SMILES string of the molecule is COc1cc(CO)ccc1Cn1nc(C)c2nc(N)[nH]c(=O)c21. The van der Waals surface area contributed by atoms with Crippen molar-refractivity contribution in [2.24, 2.45) is 0 Å². The summed E-state index contributed by atoms with van der Waals surface area (Å²) in [7, 11) is 1.56. The first kappa shape index (κ1) is 15.0. The maximum Gasteiger partial charge on any atom is 0.278 e. The molecule has 2 heterocycles. The molecule has 0 aliphatic rings. The smallest absolute Gasteiger partial charge is 0.278 e. The van der Waals surface area contributed by atoms with Gasteiger partial charge in [0.1, 0.15) is 11.3 Å². The van der Waals surface area contributed by atoms with E-state index in [9.17, 15) is 9.90 Å². The summed E-state index contributed by atoms with van der Waals surface area (Å²) >= 11 is 0. The number of aryl methyl sites for hydroxylation is 1. The number of ether oxygens (including phenoxy) is 1. The van der Waals surface area contributed by atoms with E-state index < -0.39 is 0 Å². The number of anilines is 1. The molecule has 0 spiro atoms. The van der Waals surface area contributed by atoms with Crippen LogP contribution in [0.5, 0.6) is 5.75 Å². The Hall–Kier alpha value is -2.87. The number of benzene rings is 1. The first-order valence-corrected chi connectivity index (χ1v) is 7.03. The summed E-state index contributed by atoms with van der Waals surface area (Å²) in [4.78, 5) is 18.8. The van der Waals surface area contributed by atoms with Gasteiger partial charge in [0, 0.05) is 5.56 Å². The molecule has 8 heteroatoms. The Morgan fingerprint density at radius 2 is 2.22 bits per heavy atom. The van der Waals surface area contributed by atoms with Crippen LogP contribution < -0.4 is 16.0 Å². The summed E-state index contributed by atoms with van der Waals surface area (Å²) < 4.78 is 6.93. The Morgan fingerprint density at radius 3 is 2.91 bits per heavy atom. The minimum absolute atomic E-state index is 0.0648. The summed E-state index contributed by atoms with van der Waals surface area (Å²) in [6, 6.07) is 5.40. The quantitative estimate of drug-likeness (QED) is 0.647. The van der Waals surface area contributed by atoms with Gasteiger partial charge in [-0.25, -0.2) is 4.98 Å². The van der Waals surface area contributed by atoms with E-state index in [2.05, 4.69) is 15.1 Å². The van der Waals surface area contributed by atoms with Gasteiger partial charge < -0.3 is 15.6 Å². The highest BCUT2D eigenvalue weighted by Gasteiger charge is 2.15. The number of rotatable bonds is 4. The van der Waals surface area contributed by atoms with E-state index in [-0.39, 0.29) is 18.1 Å². The van der Waals surface area contributed by atoms with E-state index in [4.69, 9.17) is 10.5 Å². The van der Waals surface area contributed by atoms with Crippen molar-refractivity contribution >= 4 is 17.0 Å². The first-order valence-electron chi connectivity index (χ1n) is 7.03. The molecule has 3 aromatic rings. The highest BCUT2D eigenvalue weighted by molar-refractivity contribution is 5.77. The molecule has 0 amide bonds. The molecule has 120 valence electrons. The number of methoxy groups -OCH3 is 1. The number of nitrogens with two attached hydrogens (primary N) is 1. The standard InChI is InChI=1S/C15H17N5O3/c1-8-12-13(14(22)18-15(16)17-12)20(19-8)6-10-4-3-9(7-21)5-11(10)23-2/h3-5,21H,6-7H2,1-2H3,(H3,16,17,18,22). The number of fused-ring (bicyclic) bond motifs is 1. The molecule has 0 unspecified atom stereocenters. The summed E-state index contributed by atoms with van der Waals surface area (Å²) in [5.41, 5.74) is 8.32. The van der Waals surface area contributed by atoms with Crippen LogP contribution in [0.2, 0.25) is 0 Å². The van der Waals surface area contributed by atoms with E-state index in [1.165, 1.54) is 0 Å². The topological polar surface area (TPSA) is 119 Å². The second-order valence-electron chi connectivity index (χ2n) is 5.20. The van der Waals surface area contributed by atoms with Gasteiger partial charge in [-0.05, 0) is 18.6 Å². The van der Waals surface area contributed by atoms with E-state index in [0.717, 1.165) is 11.1 Å². The van der Waals surface area contributed by atoms with Gasteiger partial charge >= 0.3 is 0 Å². The zero-order chi connectivity index (χ0) is 16.6. The highest BCUT2D eigenvalue weighted by Crippen LogP contribution is 2.23. The molecule has 0 atom stereocenters. The summed E-state index contributed by atoms with van der Waals surface area (Å²) in [6.45, 7) is 2.05. The van der Waals surface area contributed by atoms with Crippen molar-refractivity contribution in [2.45, 2.75) is 20.1 Å². The number of H-pyrrole nitrogens is 1. The number of hydrogen-bond acceptors (Lipinski definition) is 6. The Morgan fingerprint density at radius 1 is 1.43 bits per heavy atom. The number of hydrogen-bond donors (Lipinski definition) is 3. The molecule has 3 rings (SSSR count). The van der Waals surface area contributed by atoms with Gasteiger partial charge in [-0.2, -0.15) is 5.10 Å². The lowest BCUT2D eigenvalue weighted by Gasteiger charge is -2.10. The van der Waals surface area contributed by atoms with Crippen LogP contribution >= 0.6 is 0 Å². The van der Waals surface area contributed by atoms with Crippen LogP contribution in [0.3, 0.4) is 0 Å². The van der Waals surface area contributed by atoms with Crippen molar-refractivity contribution < 1.29 is 9.84 Å². The van der Waals surface area contributed by atoms with Crippen molar-refractivity contribution in [3.8, 4) is 5.75 Å². The molecule has 1 aromatic carbocycles. The van der Waals surface area contributed by atoms with Gasteiger partial charge in [0.15, 0.2) is 5.52 Å². The molecular formula is C15H17N5O3. The zero-order valence-corrected chi connectivity index (χ0v) is 12.8. The number of nitrogen functional groups attached to an aromatic ring is 1. The second kappa shape index (κ2) is 5.73. The fraction of sp³-hybridized carbons (Fsp3) is 0.267. The number of aliphatic hydroxyl groups is 1. The van der Waals surface area contributed by atoms with Crippen LogP contribution in [0, 0.1) is 6.92 Å². The number of nitrogens with one attached hydrogen (secondary N) is 1. The molecular weight excluding hydrogens is 298 g/mol. The molecule has 0 saturated carbocycles. The average Bonchev–Trinajstić information content (AvgIpc) is 2.84. The first-order chi connectivity index (χ1) is 11.0. The molecule has 0 saturated heterocycles. The van der Waals surface area contributed by atoms with E-state index in [1.807, 2.05) is 6.07 Å². The van der Waals surface area contributed by atoms with Crippen molar-refractivity contribution in [3.63, 3.8) is 0 Å². The van der Waals surface area contributed by atoms with Crippen molar-refractivity contribution in [3.05, 3.63) is 45.4 Å². The molecule has 0 fully saturated rings. The van der Waals surface area contributed by atoms with Crippen LogP contribution in [-0.4, -0.2) is 32.0 Å². The van der Waals surface area contributed by atoms with Crippen LogP contribution in [0.1, 0.15) is 16.8 Å². The molecule has 4 N–H and O–H groups in total. The van der Waals surface area contributed by atoms with Gasteiger partial charge in [0.2, 0.25) is 5.95 Å². The second-order valence-corrected chi connectivity index (χ2v) is 5.20. The number of aromatic nitrogens is 4. The van der Waals surface area contributed by atoms with Gasteiger partial charge in [-0.3, -0.25) is 14.5 Å². The fourth-order valence-corrected chi connectivity index (χ4v) is 2.55. The maximum atomic E-state index is 12.2. The summed E-state index contributed by atoms with van der Waals surface area (Å²) in [5, 5.41) is 13.6. The summed E-state index contributed by atoms with van der Waals surface area (Å²) in [6.07, 6.45) is 0. The lowest BCUT2D eigenvalue weighted by molar-refractivity contribution is 0.281. The van der Waals surface area contributed by atoms with Crippen LogP contribution in [-0.2, 0) is 13.2 Å². The third-order valence-corrected chi connectivity index (χ3v) is 3.64. The fourth-order valence-electron chi connectivity index (χ4n) is 2.55. The van der Waals surface area contributed by atoms with Gasteiger partial charge in [0.05, 0.1) is 26.0 Å². The molecule has 0 aliphatic heterocycles. The Kier molecular flexibility index (Phi) is 3.75. The summed E-state index contributed by atoms with van der Waals surface area (Å²) in [5.74, 6) is 0.688. The Bertz CT molecular complexity index is 929. The van der Waals surface area contributed by atoms with E-state index >= 15 is 0 Å². The number of nitrogens with zero attached hydrogens (tertiary/aromatic N) is 3. The Balaban J connectivity index is 2.11. The molecule has 2 aromatic heterocycles. The predicted molar refractivity (Wildman–Crippen MR) is 85.3 cm³/mol. The Labute approximate surface area is 131 Å². The zero-order valence-electron chi connectivity index (χ0n) is 12.8. The van der Waals surface area contributed by atoms with Crippen molar-refractivity contribution in [1.82, 2.24) is 19.7 Å². The predicted octanol–water partition coefficient (Wildman–Crippen LogP) is 0.559. The largest absolute Gasteiger partial charge is 0.496 e. The van der Waals surface area contributed by atoms with Crippen molar-refractivity contribution in [1.29, 1.82) is 0 Å².